The smallest absolute Gasteiger partial charge is 0.229 e. The maximum Gasteiger partial charge on any atom is 0.229 e. The minimum absolute atomic E-state index is 0.0227. The molecule has 10 rings (SSSR count). The van der Waals surface area contributed by atoms with Crippen LogP contribution in [0, 0.1) is 40.4 Å². The molecule has 1 aromatic carbocycles. The van der Waals surface area contributed by atoms with Gasteiger partial charge in [-0.3, -0.25) is 9.59 Å². The zero-order valence-corrected chi connectivity index (χ0v) is 27.9. The molecule has 8 atom stereocenters. The number of carbonyl (C=O) groups excluding carboxylic acids is 2. The highest BCUT2D eigenvalue weighted by molar-refractivity contribution is 6.48. The van der Waals surface area contributed by atoms with E-state index >= 15 is 0 Å². The Hall–Kier alpha value is -2.32. The Balaban J connectivity index is 0.921. The molecule has 9 aliphatic rings. The maximum absolute atomic E-state index is 13.3. The van der Waals surface area contributed by atoms with E-state index in [0.717, 1.165) is 82.3 Å². The average Bonchev–Trinajstić information content (AvgIpc) is 3.87. The number of rotatable bonds is 2. The molecule has 4 saturated carbocycles. The predicted octanol–water partition coefficient (Wildman–Crippen LogP) is 6.98. The highest BCUT2D eigenvalue weighted by atomic mass is 16.7. The van der Waals surface area contributed by atoms with E-state index in [-0.39, 0.29) is 28.3 Å². The summed E-state index contributed by atoms with van der Waals surface area (Å²) in [6.45, 7) is 7.62. The minimum Gasteiger partial charge on any atom is -0.457 e. The van der Waals surface area contributed by atoms with Crippen LogP contribution in [0.4, 0.5) is 0 Å². The number of benzene rings is 1. The third-order valence-corrected chi connectivity index (χ3v) is 15.4. The molecular weight excluding hydrogens is 592 g/mol. The fourth-order valence-electron chi connectivity index (χ4n) is 13.3. The van der Waals surface area contributed by atoms with Crippen molar-refractivity contribution in [1.82, 2.24) is 0 Å². The number of ketones is 2. The lowest BCUT2D eigenvalue weighted by Gasteiger charge is -2.53. The summed E-state index contributed by atoms with van der Waals surface area (Å²) in [5.74, 6) is 2.76. The molecule has 0 radical (unpaired) electrons. The van der Waals surface area contributed by atoms with E-state index in [9.17, 15) is 9.59 Å². The lowest BCUT2D eigenvalue weighted by molar-refractivity contribution is -0.238. The quantitative estimate of drug-likeness (QED) is 0.255. The van der Waals surface area contributed by atoms with Gasteiger partial charge in [-0.25, -0.2) is 0 Å². The fourth-order valence-corrected chi connectivity index (χ4v) is 13.3. The molecule has 2 aliphatic heterocycles. The van der Waals surface area contributed by atoms with Crippen LogP contribution in [0.1, 0.15) is 102 Å². The Bertz CT molecular complexity index is 1610. The molecular formula is C40H48O7. The van der Waals surface area contributed by atoms with Crippen LogP contribution in [0.5, 0.6) is 5.75 Å². The topological polar surface area (TPSA) is 80.3 Å². The molecule has 7 heteroatoms. The Morgan fingerprint density at radius 2 is 1.30 bits per heavy atom. The van der Waals surface area contributed by atoms with E-state index in [1.807, 2.05) is 0 Å². The van der Waals surface area contributed by atoms with Crippen LogP contribution >= 0.6 is 0 Å². The van der Waals surface area contributed by atoms with Crippen LogP contribution in [0.15, 0.2) is 41.2 Å². The third kappa shape index (κ3) is 3.83. The van der Waals surface area contributed by atoms with Crippen molar-refractivity contribution in [1.29, 1.82) is 0 Å². The Morgan fingerprint density at radius 1 is 0.702 bits per heavy atom. The Labute approximate surface area is 277 Å². The second-order valence-electron chi connectivity index (χ2n) is 16.8. The second kappa shape index (κ2) is 10.1. The van der Waals surface area contributed by atoms with E-state index in [0.29, 0.717) is 60.6 Å². The van der Waals surface area contributed by atoms with Crippen molar-refractivity contribution in [3.05, 3.63) is 52.3 Å². The lowest BCUT2D eigenvalue weighted by Crippen LogP contribution is -2.52. The fraction of sp³-hybridized carbons (Fsp3) is 0.700. The third-order valence-electron chi connectivity index (χ3n) is 15.4. The Kier molecular flexibility index (Phi) is 6.37. The van der Waals surface area contributed by atoms with E-state index in [1.54, 1.807) is 0 Å². The highest BCUT2D eigenvalue weighted by Gasteiger charge is 2.66. The zero-order chi connectivity index (χ0) is 31.8. The van der Waals surface area contributed by atoms with E-state index in [4.69, 9.17) is 23.7 Å². The van der Waals surface area contributed by atoms with E-state index < -0.39 is 11.6 Å². The number of hydrogen-bond donors (Lipinski definition) is 0. The first-order chi connectivity index (χ1) is 22.8. The van der Waals surface area contributed by atoms with Gasteiger partial charge in [0, 0.05) is 40.9 Å². The number of carbonyl (C=O) groups is 2. The Morgan fingerprint density at radius 3 is 1.96 bits per heavy atom. The summed E-state index contributed by atoms with van der Waals surface area (Å²) in [6.07, 6.45) is 13.8. The number of hydrogen-bond acceptors (Lipinski definition) is 7. The highest BCUT2D eigenvalue weighted by Crippen LogP contribution is 2.68. The predicted molar refractivity (Wildman–Crippen MR) is 172 cm³/mol. The van der Waals surface area contributed by atoms with Gasteiger partial charge in [0.15, 0.2) is 11.6 Å². The van der Waals surface area contributed by atoms with Gasteiger partial charge in [-0.15, -0.1) is 0 Å². The summed E-state index contributed by atoms with van der Waals surface area (Å²) >= 11 is 0. The first kappa shape index (κ1) is 29.6. The molecule has 2 heterocycles. The van der Waals surface area contributed by atoms with E-state index in [2.05, 4.69) is 32.0 Å². The first-order valence-corrected chi connectivity index (χ1v) is 18.7. The summed E-state index contributed by atoms with van der Waals surface area (Å²) < 4.78 is 32.1. The molecule has 2 spiro atoms. The maximum atomic E-state index is 13.3. The van der Waals surface area contributed by atoms with E-state index in [1.165, 1.54) is 30.0 Å². The van der Waals surface area contributed by atoms with Crippen molar-refractivity contribution >= 4 is 11.6 Å². The van der Waals surface area contributed by atoms with Crippen LogP contribution in [-0.4, -0.2) is 49.6 Å². The number of ether oxygens (including phenoxy) is 5. The molecule has 250 valence electrons. The largest absolute Gasteiger partial charge is 0.457 e. The molecule has 7 aliphatic carbocycles. The molecule has 47 heavy (non-hydrogen) atoms. The number of Topliss-reactive ketones (excluding diaryl/α,β-unsaturated/α-hetero) is 1. The SMILES string of the molecule is C[C@]12CC[C@@H]3C4=C(CC[C@H]3[C@@H]1CCC21OCCO1)C(=O)C(=O)C=C4Oc1ccc2c(c1)CC[C@@H]1[C@@H]2CC[C@@]2(C)[C@H]1CCC21OCCO1. The standard InChI is InChI=1S/C40H48O7/c1-37-13-9-26-25-6-4-24(21-23(25)3-5-27(26)31(37)11-15-39(37)43-17-18-44-39)47-34-22-33(41)36(42)30-8-7-28-29(35(30)34)10-14-38(2)32(28)12-16-40(38)45-19-20-46-40/h4,6,21-22,26-29,31-32H,3,5,7-20H2,1-2H3/t26-,27-,28-,29+,31+,32+,37+,38+/m1/s1. The molecule has 0 amide bonds. The lowest BCUT2D eigenvalue weighted by atomic mass is 9.54. The molecule has 7 nitrogen and oxygen atoms in total. The van der Waals surface area contributed by atoms with Gasteiger partial charge < -0.3 is 23.7 Å². The van der Waals surface area contributed by atoms with Gasteiger partial charge in [-0.2, -0.15) is 0 Å². The first-order valence-electron chi connectivity index (χ1n) is 18.7. The molecule has 0 bridgehead atoms. The van der Waals surface area contributed by atoms with Crippen molar-refractivity contribution in [2.75, 3.05) is 26.4 Å². The average molecular weight is 641 g/mol. The van der Waals surface area contributed by atoms with Crippen molar-refractivity contribution in [3.8, 4) is 5.75 Å². The van der Waals surface area contributed by atoms with Gasteiger partial charge in [0.1, 0.15) is 11.5 Å². The van der Waals surface area contributed by atoms with Crippen LogP contribution in [0.2, 0.25) is 0 Å². The molecule has 6 fully saturated rings. The monoisotopic (exact) mass is 640 g/mol. The number of allylic oxidation sites excluding steroid dienone is 3. The molecule has 0 N–H and O–H groups in total. The normalized spacial score (nSPS) is 42.5. The second-order valence-corrected chi connectivity index (χ2v) is 16.8. The summed E-state index contributed by atoms with van der Waals surface area (Å²) in [7, 11) is 0. The van der Waals surface area contributed by atoms with Crippen molar-refractivity contribution in [2.45, 2.75) is 108 Å². The molecule has 1 aromatic rings. The van der Waals surface area contributed by atoms with Gasteiger partial charge >= 0.3 is 0 Å². The number of fused-ring (bicyclic) bond motifs is 11. The summed E-state index contributed by atoms with van der Waals surface area (Å²) in [6, 6.07) is 6.65. The molecule has 0 unspecified atom stereocenters. The summed E-state index contributed by atoms with van der Waals surface area (Å²) in [5, 5.41) is 0. The van der Waals surface area contributed by atoms with Crippen LogP contribution in [0.25, 0.3) is 0 Å². The number of aryl methyl sites for hydroxylation is 1. The van der Waals surface area contributed by atoms with Crippen molar-refractivity contribution in [3.63, 3.8) is 0 Å². The van der Waals surface area contributed by atoms with Crippen LogP contribution in [-0.2, 0) is 35.0 Å². The van der Waals surface area contributed by atoms with Crippen LogP contribution < -0.4 is 4.74 Å². The molecule has 2 saturated heterocycles. The van der Waals surface area contributed by atoms with Gasteiger partial charge in [0.05, 0.1) is 26.4 Å². The van der Waals surface area contributed by atoms with Gasteiger partial charge in [0.25, 0.3) is 0 Å². The van der Waals surface area contributed by atoms with Gasteiger partial charge in [-0.1, -0.05) is 19.9 Å². The zero-order valence-electron chi connectivity index (χ0n) is 27.9. The van der Waals surface area contributed by atoms with Crippen LogP contribution in [0.3, 0.4) is 0 Å². The summed E-state index contributed by atoms with van der Waals surface area (Å²) in [5.41, 5.74) is 4.64. The molecule has 0 aromatic heterocycles. The summed E-state index contributed by atoms with van der Waals surface area (Å²) in [4.78, 5) is 26.3. The van der Waals surface area contributed by atoms with Gasteiger partial charge in [0.2, 0.25) is 11.6 Å². The van der Waals surface area contributed by atoms with Crippen molar-refractivity contribution in [2.24, 2.45) is 40.4 Å². The van der Waals surface area contributed by atoms with Crippen molar-refractivity contribution < 1.29 is 33.3 Å². The minimum atomic E-state index is -0.457. The van der Waals surface area contributed by atoms with Gasteiger partial charge in [-0.05, 0) is 123 Å².